The Hall–Kier alpha value is -2.73. The second kappa shape index (κ2) is 7.88. The van der Waals surface area contributed by atoms with Gasteiger partial charge in [0.25, 0.3) is 10.0 Å². The molecule has 0 saturated carbocycles. The summed E-state index contributed by atoms with van der Waals surface area (Å²) in [6.07, 6.45) is 0.845. The summed E-state index contributed by atoms with van der Waals surface area (Å²) in [5.74, 6) is 0.525. The van der Waals surface area contributed by atoms with Crippen LogP contribution in [-0.2, 0) is 10.0 Å². The van der Waals surface area contributed by atoms with Crippen molar-refractivity contribution in [2.45, 2.75) is 18.2 Å². The van der Waals surface area contributed by atoms with E-state index in [1.165, 1.54) is 0 Å². The van der Waals surface area contributed by atoms with E-state index in [2.05, 4.69) is 4.72 Å². The Balaban J connectivity index is 2.05. The van der Waals surface area contributed by atoms with E-state index >= 15 is 0 Å². The third-order valence-electron chi connectivity index (χ3n) is 4.22. The van der Waals surface area contributed by atoms with Gasteiger partial charge in [-0.15, -0.1) is 0 Å². The molecular formula is C21H24N2O3S. The average molecular weight is 385 g/mol. The quantitative estimate of drug-likeness (QED) is 0.652. The smallest absolute Gasteiger partial charge is 0.262 e. The molecule has 0 unspecified atom stereocenters. The number of nitrogens with one attached hydrogen (secondary N) is 1. The molecule has 0 saturated heterocycles. The number of hydrogen-bond donors (Lipinski definition) is 1. The van der Waals surface area contributed by atoms with Crippen LogP contribution in [0.3, 0.4) is 0 Å². The topological polar surface area (TPSA) is 58.6 Å². The molecule has 0 spiro atoms. The second-order valence-corrected chi connectivity index (χ2v) is 8.12. The van der Waals surface area contributed by atoms with Crippen LogP contribution >= 0.6 is 0 Å². The van der Waals surface area contributed by atoms with Gasteiger partial charge in [0.15, 0.2) is 0 Å². The monoisotopic (exact) mass is 384 g/mol. The first kappa shape index (κ1) is 19.0. The van der Waals surface area contributed by atoms with Crippen molar-refractivity contribution in [2.75, 3.05) is 30.3 Å². The Bertz CT molecular complexity index is 1050. The third-order valence-corrected chi connectivity index (χ3v) is 5.65. The average Bonchev–Trinajstić information content (AvgIpc) is 2.66. The molecule has 6 heteroatoms. The number of sulfonamides is 1. The maximum absolute atomic E-state index is 13.1. The fourth-order valence-corrected chi connectivity index (χ4v) is 4.27. The lowest BCUT2D eigenvalue weighted by Crippen LogP contribution is -2.15. The minimum absolute atomic E-state index is 0.244. The van der Waals surface area contributed by atoms with Crippen molar-refractivity contribution in [3.8, 4) is 5.75 Å². The van der Waals surface area contributed by atoms with E-state index in [0.29, 0.717) is 23.4 Å². The zero-order chi connectivity index (χ0) is 19.4. The van der Waals surface area contributed by atoms with Crippen molar-refractivity contribution in [1.29, 1.82) is 0 Å². The molecule has 0 aliphatic rings. The maximum atomic E-state index is 13.1. The molecule has 3 rings (SSSR count). The van der Waals surface area contributed by atoms with Crippen LogP contribution in [-0.4, -0.2) is 29.1 Å². The van der Waals surface area contributed by atoms with E-state index in [1.807, 2.05) is 56.3 Å². The highest BCUT2D eigenvalue weighted by Gasteiger charge is 2.20. The number of fused-ring (bicyclic) bond motifs is 1. The van der Waals surface area contributed by atoms with Gasteiger partial charge in [-0.1, -0.05) is 43.3 Å². The Kier molecular flexibility index (Phi) is 5.56. The van der Waals surface area contributed by atoms with Crippen molar-refractivity contribution in [3.63, 3.8) is 0 Å². The SMILES string of the molecule is CCCOc1ccccc1NS(=O)(=O)c1cccc2c(N(C)C)cccc12. The number of benzene rings is 3. The van der Waals surface area contributed by atoms with Crippen LogP contribution in [0.15, 0.2) is 65.6 Å². The molecule has 3 aromatic rings. The van der Waals surface area contributed by atoms with Gasteiger partial charge in [0.05, 0.1) is 17.2 Å². The van der Waals surface area contributed by atoms with Gasteiger partial charge in [-0.3, -0.25) is 4.72 Å². The van der Waals surface area contributed by atoms with Gasteiger partial charge in [-0.2, -0.15) is 0 Å². The summed E-state index contributed by atoms with van der Waals surface area (Å²) in [7, 11) is 0.102. The van der Waals surface area contributed by atoms with Crippen LogP contribution in [0.4, 0.5) is 11.4 Å². The number of anilines is 2. The standard InChI is InChI=1S/C21H24N2O3S/c1-4-15-26-20-13-6-5-11-18(20)22-27(24,25)21-14-8-9-16-17(21)10-7-12-19(16)23(2)3/h5-14,22H,4,15H2,1-3H3. The van der Waals surface area contributed by atoms with Crippen molar-refractivity contribution >= 4 is 32.2 Å². The van der Waals surface area contributed by atoms with Crippen molar-refractivity contribution in [1.82, 2.24) is 0 Å². The first-order valence-electron chi connectivity index (χ1n) is 8.87. The largest absolute Gasteiger partial charge is 0.491 e. The molecule has 5 nitrogen and oxygen atoms in total. The molecule has 0 aromatic heterocycles. The highest BCUT2D eigenvalue weighted by atomic mass is 32.2. The Morgan fingerprint density at radius 2 is 1.63 bits per heavy atom. The molecule has 0 bridgehead atoms. The van der Waals surface area contributed by atoms with Crippen molar-refractivity contribution in [3.05, 3.63) is 60.7 Å². The van der Waals surface area contributed by atoms with E-state index in [4.69, 9.17) is 4.74 Å². The van der Waals surface area contributed by atoms with Gasteiger partial charge in [0.2, 0.25) is 0 Å². The zero-order valence-corrected chi connectivity index (χ0v) is 16.6. The molecule has 0 amide bonds. The highest BCUT2D eigenvalue weighted by molar-refractivity contribution is 7.93. The Labute approximate surface area is 160 Å². The molecule has 3 aromatic carbocycles. The number of para-hydroxylation sites is 2. The number of nitrogens with zero attached hydrogens (tertiary/aromatic N) is 1. The Morgan fingerprint density at radius 3 is 2.37 bits per heavy atom. The van der Waals surface area contributed by atoms with Crippen LogP contribution < -0.4 is 14.4 Å². The summed E-state index contributed by atoms with van der Waals surface area (Å²) in [6, 6.07) is 18.1. The predicted octanol–water partition coefficient (Wildman–Crippen LogP) is 4.50. The molecule has 27 heavy (non-hydrogen) atoms. The van der Waals surface area contributed by atoms with Gasteiger partial charge < -0.3 is 9.64 Å². The molecule has 0 fully saturated rings. The van der Waals surface area contributed by atoms with E-state index in [9.17, 15) is 8.42 Å². The van der Waals surface area contributed by atoms with Crippen LogP contribution in [0.5, 0.6) is 5.75 Å². The summed E-state index contributed by atoms with van der Waals surface area (Å²) in [4.78, 5) is 2.22. The van der Waals surface area contributed by atoms with E-state index in [1.54, 1.807) is 30.3 Å². The van der Waals surface area contributed by atoms with E-state index < -0.39 is 10.0 Å². The minimum Gasteiger partial charge on any atom is -0.491 e. The van der Waals surface area contributed by atoms with Gasteiger partial charge in [-0.25, -0.2) is 8.42 Å². The number of hydrogen-bond acceptors (Lipinski definition) is 4. The second-order valence-electron chi connectivity index (χ2n) is 6.47. The number of ether oxygens (including phenoxy) is 1. The fraction of sp³-hybridized carbons (Fsp3) is 0.238. The summed E-state index contributed by atoms with van der Waals surface area (Å²) in [6.45, 7) is 2.53. The molecule has 0 radical (unpaired) electrons. The van der Waals surface area contributed by atoms with Crippen LogP contribution in [0.2, 0.25) is 0 Å². The number of rotatable bonds is 7. The molecule has 0 atom stereocenters. The molecule has 0 aliphatic heterocycles. The lowest BCUT2D eigenvalue weighted by molar-refractivity contribution is 0.319. The zero-order valence-electron chi connectivity index (χ0n) is 15.8. The van der Waals surface area contributed by atoms with Crippen molar-refractivity contribution in [2.24, 2.45) is 0 Å². The summed E-state index contributed by atoms with van der Waals surface area (Å²) < 4.78 is 34.6. The molecule has 0 aliphatic carbocycles. The fourth-order valence-electron chi connectivity index (χ4n) is 2.98. The van der Waals surface area contributed by atoms with Crippen LogP contribution in [0.25, 0.3) is 10.8 Å². The van der Waals surface area contributed by atoms with Gasteiger partial charge in [0, 0.05) is 30.6 Å². The molecule has 142 valence electrons. The third kappa shape index (κ3) is 4.01. The van der Waals surface area contributed by atoms with Gasteiger partial charge in [-0.05, 0) is 30.7 Å². The summed E-state index contributed by atoms with van der Waals surface area (Å²) in [5, 5.41) is 1.57. The predicted molar refractivity (Wildman–Crippen MR) is 111 cm³/mol. The summed E-state index contributed by atoms with van der Waals surface area (Å²) in [5.41, 5.74) is 1.41. The van der Waals surface area contributed by atoms with Crippen LogP contribution in [0.1, 0.15) is 13.3 Å². The van der Waals surface area contributed by atoms with Gasteiger partial charge in [0.1, 0.15) is 5.75 Å². The molecule has 0 heterocycles. The first-order valence-corrected chi connectivity index (χ1v) is 10.4. The first-order chi connectivity index (χ1) is 12.9. The van der Waals surface area contributed by atoms with Gasteiger partial charge >= 0.3 is 0 Å². The van der Waals surface area contributed by atoms with E-state index in [0.717, 1.165) is 17.5 Å². The maximum Gasteiger partial charge on any atom is 0.262 e. The lowest BCUT2D eigenvalue weighted by Gasteiger charge is -2.18. The highest BCUT2D eigenvalue weighted by Crippen LogP contribution is 2.32. The molecule has 1 N–H and O–H groups in total. The van der Waals surface area contributed by atoms with E-state index in [-0.39, 0.29) is 4.90 Å². The lowest BCUT2D eigenvalue weighted by atomic mass is 10.1. The normalized spacial score (nSPS) is 11.4. The van der Waals surface area contributed by atoms with Crippen molar-refractivity contribution < 1.29 is 13.2 Å². The minimum atomic E-state index is -3.78. The molecular weight excluding hydrogens is 360 g/mol. The van der Waals surface area contributed by atoms with Crippen LogP contribution in [0, 0.1) is 0 Å². The Morgan fingerprint density at radius 1 is 0.926 bits per heavy atom. The summed E-state index contributed by atoms with van der Waals surface area (Å²) >= 11 is 0.